The summed E-state index contributed by atoms with van der Waals surface area (Å²) in [5.74, 6) is 0.0605. The molecule has 1 saturated heterocycles. The second-order valence-corrected chi connectivity index (χ2v) is 7.44. The molecular weight excluding hydrogens is 307 g/mol. The largest absolute Gasteiger partial charge is 0.350 e. The maximum Gasteiger partial charge on any atom is 0.254 e. The fourth-order valence-corrected chi connectivity index (χ4v) is 3.22. The Bertz CT molecular complexity index is 584. The van der Waals surface area contributed by atoms with Gasteiger partial charge in [0.05, 0.1) is 0 Å². The van der Waals surface area contributed by atoms with Crippen LogP contribution < -0.4 is 5.32 Å². The van der Waals surface area contributed by atoms with Crippen LogP contribution in [0.5, 0.6) is 0 Å². The molecule has 0 spiro atoms. The highest BCUT2D eigenvalue weighted by molar-refractivity contribution is 5.98. The third-order valence-electron chi connectivity index (χ3n) is 4.24. The van der Waals surface area contributed by atoms with Crippen molar-refractivity contribution >= 4 is 11.8 Å². The SMILES string of the molecule is CC(C)C[C@H]1CN(C(=O)c2ccc(F)cc2)[C@@H](CC(C)C)C(=O)N1. The molecule has 2 rings (SSSR count). The van der Waals surface area contributed by atoms with E-state index < -0.39 is 6.04 Å². The van der Waals surface area contributed by atoms with Crippen LogP contribution in [0.1, 0.15) is 50.9 Å². The molecule has 1 heterocycles. The minimum absolute atomic E-state index is 0.0367. The normalized spacial score (nSPS) is 21.3. The Labute approximate surface area is 143 Å². The van der Waals surface area contributed by atoms with Gasteiger partial charge in [-0.05, 0) is 48.9 Å². The third-order valence-corrected chi connectivity index (χ3v) is 4.24. The van der Waals surface area contributed by atoms with Crippen molar-refractivity contribution in [1.29, 1.82) is 0 Å². The fourth-order valence-electron chi connectivity index (χ4n) is 3.22. The van der Waals surface area contributed by atoms with Crippen LogP contribution >= 0.6 is 0 Å². The predicted molar refractivity (Wildman–Crippen MR) is 92.1 cm³/mol. The summed E-state index contributed by atoms with van der Waals surface area (Å²) in [5.41, 5.74) is 0.420. The van der Waals surface area contributed by atoms with E-state index in [1.54, 1.807) is 4.90 Å². The summed E-state index contributed by atoms with van der Waals surface area (Å²) in [6.45, 7) is 8.76. The molecule has 2 atom stereocenters. The van der Waals surface area contributed by atoms with Crippen LogP contribution in [0.3, 0.4) is 0 Å². The lowest BCUT2D eigenvalue weighted by Gasteiger charge is -2.40. The quantitative estimate of drug-likeness (QED) is 0.899. The van der Waals surface area contributed by atoms with Crippen LogP contribution in [0.25, 0.3) is 0 Å². The lowest BCUT2D eigenvalue weighted by atomic mass is 9.94. The second kappa shape index (κ2) is 7.77. The first kappa shape index (κ1) is 18.4. The van der Waals surface area contributed by atoms with Gasteiger partial charge in [-0.2, -0.15) is 0 Å². The number of piperazine rings is 1. The molecule has 4 nitrogen and oxygen atoms in total. The highest BCUT2D eigenvalue weighted by Gasteiger charge is 2.37. The van der Waals surface area contributed by atoms with Crippen molar-refractivity contribution in [1.82, 2.24) is 10.2 Å². The van der Waals surface area contributed by atoms with E-state index in [-0.39, 0.29) is 23.7 Å². The maximum atomic E-state index is 13.1. The van der Waals surface area contributed by atoms with Crippen molar-refractivity contribution in [2.45, 2.75) is 52.6 Å². The second-order valence-electron chi connectivity index (χ2n) is 7.44. The van der Waals surface area contributed by atoms with Crippen LogP contribution in [-0.4, -0.2) is 35.3 Å². The molecule has 1 aliphatic rings. The molecule has 1 aromatic carbocycles. The molecule has 0 radical (unpaired) electrons. The van der Waals surface area contributed by atoms with E-state index >= 15 is 0 Å². The average Bonchev–Trinajstić information content (AvgIpc) is 2.49. The van der Waals surface area contributed by atoms with Gasteiger partial charge in [-0.3, -0.25) is 9.59 Å². The summed E-state index contributed by atoms with van der Waals surface area (Å²) in [6, 6.07) is 5.01. The summed E-state index contributed by atoms with van der Waals surface area (Å²) in [7, 11) is 0. The molecule has 0 bridgehead atoms. The van der Waals surface area contributed by atoms with Gasteiger partial charge >= 0.3 is 0 Å². The topological polar surface area (TPSA) is 49.4 Å². The van der Waals surface area contributed by atoms with Crippen LogP contribution in [0.4, 0.5) is 4.39 Å². The van der Waals surface area contributed by atoms with Crippen molar-refractivity contribution < 1.29 is 14.0 Å². The monoisotopic (exact) mass is 334 g/mol. The Morgan fingerprint density at radius 2 is 1.75 bits per heavy atom. The van der Waals surface area contributed by atoms with Crippen molar-refractivity contribution in [3.8, 4) is 0 Å². The van der Waals surface area contributed by atoms with E-state index in [1.165, 1.54) is 24.3 Å². The third kappa shape index (κ3) is 4.56. The molecule has 1 aromatic rings. The first-order valence-corrected chi connectivity index (χ1v) is 8.64. The highest BCUT2D eigenvalue weighted by atomic mass is 19.1. The molecule has 0 aromatic heterocycles. The minimum Gasteiger partial charge on any atom is -0.350 e. The molecule has 2 amide bonds. The summed E-state index contributed by atoms with van der Waals surface area (Å²) >= 11 is 0. The van der Waals surface area contributed by atoms with E-state index in [9.17, 15) is 14.0 Å². The van der Waals surface area contributed by atoms with E-state index in [2.05, 4.69) is 19.2 Å². The fraction of sp³-hybridized carbons (Fsp3) is 0.579. The molecule has 0 unspecified atom stereocenters. The van der Waals surface area contributed by atoms with Gasteiger partial charge in [0.2, 0.25) is 5.91 Å². The Kier molecular flexibility index (Phi) is 5.97. The lowest BCUT2D eigenvalue weighted by Crippen LogP contribution is -2.62. The van der Waals surface area contributed by atoms with Crippen LogP contribution in [0.2, 0.25) is 0 Å². The number of carbonyl (C=O) groups is 2. The van der Waals surface area contributed by atoms with Crippen molar-refractivity contribution in [3.05, 3.63) is 35.6 Å². The van der Waals surface area contributed by atoms with Crippen molar-refractivity contribution in [3.63, 3.8) is 0 Å². The molecule has 0 saturated carbocycles. The van der Waals surface area contributed by atoms with Gasteiger partial charge in [-0.25, -0.2) is 4.39 Å². The standard InChI is InChI=1S/C19H27FN2O2/c1-12(2)9-16-11-22(17(10-13(3)4)18(23)21-16)19(24)14-5-7-15(20)8-6-14/h5-8,12-13,16-17H,9-11H2,1-4H3,(H,21,23)/t16-,17-/m0/s1. The molecule has 1 N–H and O–H groups in total. The molecule has 1 fully saturated rings. The van der Waals surface area contributed by atoms with E-state index in [0.29, 0.717) is 30.4 Å². The molecule has 5 heteroatoms. The first-order valence-electron chi connectivity index (χ1n) is 8.64. The zero-order valence-electron chi connectivity index (χ0n) is 14.9. The maximum absolute atomic E-state index is 13.1. The number of halogens is 1. The average molecular weight is 334 g/mol. The summed E-state index contributed by atoms with van der Waals surface area (Å²) in [4.78, 5) is 27.1. The van der Waals surface area contributed by atoms with Gasteiger partial charge in [0.25, 0.3) is 5.91 Å². The molecule has 24 heavy (non-hydrogen) atoms. The Hall–Kier alpha value is -1.91. The molecule has 0 aliphatic carbocycles. The highest BCUT2D eigenvalue weighted by Crippen LogP contribution is 2.21. The van der Waals surface area contributed by atoms with E-state index in [1.807, 2.05) is 13.8 Å². The Balaban J connectivity index is 2.25. The zero-order valence-corrected chi connectivity index (χ0v) is 14.9. The lowest BCUT2D eigenvalue weighted by molar-refractivity contribution is -0.130. The van der Waals surface area contributed by atoms with Gasteiger partial charge in [-0.15, -0.1) is 0 Å². The summed E-state index contributed by atoms with van der Waals surface area (Å²) < 4.78 is 13.1. The van der Waals surface area contributed by atoms with Crippen LogP contribution in [0.15, 0.2) is 24.3 Å². The number of hydrogen-bond donors (Lipinski definition) is 1. The minimum atomic E-state index is -0.467. The van der Waals surface area contributed by atoms with Gasteiger partial charge in [-0.1, -0.05) is 27.7 Å². The van der Waals surface area contributed by atoms with Crippen molar-refractivity contribution in [2.75, 3.05) is 6.54 Å². The molecule has 1 aliphatic heterocycles. The Morgan fingerprint density at radius 3 is 2.29 bits per heavy atom. The number of benzene rings is 1. The number of nitrogens with one attached hydrogen (secondary N) is 1. The molecular formula is C19H27FN2O2. The molecule has 132 valence electrons. The van der Waals surface area contributed by atoms with E-state index in [0.717, 1.165) is 6.42 Å². The van der Waals surface area contributed by atoms with Gasteiger partial charge in [0.1, 0.15) is 11.9 Å². The zero-order chi connectivity index (χ0) is 17.9. The van der Waals surface area contributed by atoms with Gasteiger partial charge in [0, 0.05) is 18.2 Å². The van der Waals surface area contributed by atoms with E-state index in [4.69, 9.17) is 0 Å². The van der Waals surface area contributed by atoms with Crippen LogP contribution in [0, 0.1) is 17.7 Å². The predicted octanol–water partition coefficient (Wildman–Crippen LogP) is 3.23. The smallest absolute Gasteiger partial charge is 0.254 e. The van der Waals surface area contributed by atoms with Crippen molar-refractivity contribution in [2.24, 2.45) is 11.8 Å². The number of rotatable bonds is 5. The number of carbonyl (C=O) groups excluding carboxylic acids is 2. The van der Waals surface area contributed by atoms with Crippen LogP contribution in [-0.2, 0) is 4.79 Å². The number of nitrogens with zero attached hydrogens (tertiary/aromatic N) is 1. The van der Waals surface area contributed by atoms with Gasteiger partial charge < -0.3 is 10.2 Å². The first-order chi connectivity index (χ1) is 11.3. The Morgan fingerprint density at radius 1 is 1.17 bits per heavy atom. The van der Waals surface area contributed by atoms with Gasteiger partial charge in [0.15, 0.2) is 0 Å². The number of hydrogen-bond acceptors (Lipinski definition) is 2. The number of amides is 2. The summed E-state index contributed by atoms with van der Waals surface area (Å²) in [5, 5.41) is 3.06. The summed E-state index contributed by atoms with van der Waals surface area (Å²) in [6.07, 6.45) is 1.44.